The summed E-state index contributed by atoms with van der Waals surface area (Å²) in [5.74, 6) is 0.672. The minimum atomic E-state index is -1.03. The average Bonchev–Trinajstić information content (AvgIpc) is 2.63. The fourth-order valence-electron chi connectivity index (χ4n) is 2.88. The van der Waals surface area contributed by atoms with E-state index in [1.54, 1.807) is 24.3 Å². The molecule has 1 aliphatic heterocycles. The molecule has 1 amide bonds. The summed E-state index contributed by atoms with van der Waals surface area (Å²) in [5, 5.41) is 0.587. The van der Waals surface area contributed by atoms with Crippen LogP contribution >= 0.6 is 11.6 Å². The fraction of sp³-hybridized carbons (Fsp3) is 0.333. The van der Waals surface area contributed by atoms with Crippen LogP contribution in [0.2, 0.25) is 5.02 Å². The van der Waals surface area contributed by atoms with Crippen molar-refractivity contribution < 1.29 is 9.35 Å². The number of fused-ring (bicyclic) bond motifs is 1. The van der Waals surface area contributed by atoms with Gasteiger partial charge in [-0.1, -0.05) is 11.6 Å². The van der Waals surface area contributed by atoms with Gasteiger partial charge in [-0.3, -0.25) is 9.78 Å². The normalized spacial score (nSPS) is 15.2. The zero-order chi connectivity index (χ0) is 18.0. The lowest BCUT2D eigenvalue weighted by Gasteiger charge is -2.26. The van der Waals surface area contributed by atoms with Gasteiger partial charge in [0, 0.05) is 54.0 Å². The summed E-state index contributed by atoms with van der Waals surface area (Å²) in [4.78, 5) is 17.8. The van der Waals surface area contributed by atoms with Crippen LogP contribution < -0.4 is 9.62 Å². The molecule has 0 saturated heterocycles. The van der Waals surface area contributed by atoms with Crippen molar-refractivity contribution in [2.24, 2.45) is 0 Å². The van der Waals surface area contributed by atoms with E-state index in [2.05, 4.69) is 9.71 Å². The summed E-state index contributed by atoms with van der Waals surface area (Å²) in [6, 6.07) is 5.89. The number of pyridine rings is 1. The Morgan fingerprint density at radius 1 is 1.32 bits per heavy atom. The summed E-state index contributed by atoms with van der Waals surface area (Å²) < 4.78 is 14.5. The van der Waals surface area contributed by atoms with E-state index in [4.69, 9.17) is 11.6 Å². The van der Waals surface area contributed by atoms with Crippen LogP contribution in [0, 0.1) is 0 Å². The summed E-state index contributed by atoms with van der Waals surface area (Å²) >= 11 is 5.45. The van der Waals surface area contributed by atoms with E-state index < -0.39 is 11.4 Å². The van der Waals surface area contributed by atoms with Crippen molar-refractivity contribution in [3.8, 4) is 11.1 Å². The quantitative estimate of drug-likeness (QED) is 0.813. The number of carbonyl (C=O) groups is 1. The predicted molar refractivity (Wildman–Crippen MR) is 102 cm³/mol. The van der Waals surface area contributed by atoms with Crippen LogP contribution in [-0.2, 0) is 29.1 Å². The SMILES string of the molecule is CC[S+]([O-])NCc1cncc(-c2cc3c(cc2Cl)N(C)C(=O)CC3)c1. The van der Waals surface area contributed by atoms with Crippen LogP contribution in [0.4, 0.5) is 5.69 Å². The minimum Gasteiger partial charge on any atom is -0.598 e. The lowest BCUT2D eigenvalue weighted by Crippen LogP contribution is -2.31. The number of hydrogen-bond donors (Lipinski definition) is 1. The molecule has 1 N–H and O–H groups in total. The van der Waals surface area contributed by atoms with Gasteiger partial charge >= 0.3 is 0 Å². The number of rotatable bonds is 5. The van der Waals surface area contributed by atoms with E-state index in [0.29, 0.717) is 30.2 Å². The van der Waals surface area contributed by atoms with Crippen molar-refractivity contribution in [2.75, 3.05) is 17.7 Å². The van der Waals surface area contributed by atoms with Crippen LogP contribution in [0.1, 0.15) is 24.5 Å². The lowest BCUT2D eigenvalue weighted by molar-refractivity contribution is -0.118. The average molecular weight is 378 g/mol. The van der Waals surface area contributed by atoms with Crippen molar-refractivity contribution >= 4 is 34.6 Å². The number of amides is 1. The molecule has 1 atom stereocenters. The van der Waals surface area contributed by atoms with Crippen LogP contribution in [0.15, 0.2) is 30.6 Å². The second-order valence-corrected chi connectivity index (χ2v) is 7.91. The summed E-state index contributed by atoms with van der Waals surface area (Å²) in [5.41, 5.74) is 4.73. The molecule has 0 radical (unpaired) electrons. The van der Waals surface area contributed by atoms with Gasteiger partial charge in [-0.05, 0) is 42.7 Å². The lowest BCUT2D eigenvalue weighted by atomic mass is 9.96. The second-order valence-electron chi connectivity index (χ2n) is 5.95. The van der Waals surface area contributed by atoms with E-state index in [-0.39, 0.29) is 5.91 Å². The first kappa shape index (κ1) is 18.2. The topological polar surface area (TPSA) is 68.3 Å². The van der Waals surface area contributed by atoms with E-state index in [9.17, 15) is 9.35 Å². The molecule has 1 unspecified atom stereocenters. The van der Waals surface area contributed by atoms with E-state index >= 15 is 0 Å². The third kappa shape index (κ3) is 3.98. The number of carbonyl (C=O) groups excluding carboxylic acids is 1. The highest BCUT2D eigenvalue weighted by Crippen LogP contribution is 2.37. The Bertz CT molecular complexity index is 800. The predicted octanol–water partition coefficient (Wildman–Crippen LogP) is 3.08. The smallest absolute Gasteiger partial charge is 0.227 e. The molecule has 25 heavy (non-hydrogen) atoms. The van der Waals surface area contributed by atoms with Gasteiger partial charge in [0.1, 0.15) is 5.75 Å². The Morgan fingerprint density at radius 2 is 2.12 bits per heavy atom. The molecule has 3 rings (SSSR count). The van der Waals surface area contributed by atoms with Crippen molar-refractivity contribution in [3.05, 3.63) is 46.7 Å². The summed E-state index contributed by atoms with van der Waals surface area (Å²) in [6.07, 6.45) is 4.75. The van der Waals surface area contributed by atoms with E-state index in [0.717, 1.165) is 27.9 Å². The van der Waals surface area contributed by atoms with Gasteiger partial charge in [0.05, 0.1) is 11.6 Å². The number of hydrogen-bond acceptors (Lipinski definition) is 4. The van der Waals surface area contributed by atoms with Gasteiger partial charge < -0.3 is 9.45 Å². The molecule has 0 spiro atoms. The number of nitrogens with zero attached hydrogens (tertiary/aromatic N) is 2. The number of halogens is 1. The van der Waals surface area contributed by atoms with Crippen LogP contribution in [-0.4, -0.2) is 28.2 Å². The van der Waals surface area contributed by atoms with Crippen molar-refractivity contribution in [2.45, 2.75) is 26.3 Å². The molecule has 0 saturated carbocycles. The highest BCUT2D eigenvalue weighted by Gasteiger charge is 2.22. The molecule has 5 nitrogen and oxygen atoms in total. The fourth-order valence-corrected chi connectivity index (χ4v) is 3.68. The van der Waals surface area contributed by atoms with Crippen molar-refractivity contribution in [1.29, 1.82) is 0 Å². The third-order valence-corrected chi connectivity index (χ3v) is 5.62. The Balaban J connectivity index is 1.91. The third-order valence-electron chi connectivity index (χ3n) is 4.32. The Kier molecular flexibility index (Phi) is 5.64. The minimum absolute atomic E-state index is 0.106. The number of aromatic nitrogens is 1. The Hall–Kier alpha value is -1.60. The number of aryl methyl sites for hydroxylation is 1. The monoisotopic (exact) mass is 377 g/mol. The van der Waals surface area contributed by atoms with Crippen LogP contribution in [0.3, 0.4) is 0 Å². The number of anilines is 1. The molecular formula is C18H20ClN3O2S. The molecule has 0 aliphatic carbocycles. The first-order valence-corrected chi connectivity index (χ1v) is 9.84. The standard InChI is InChI=1S/C18H20ClN3O2S/c1-3-25(24)21-10-12-6-14(11-20-9-12)15-7-13-4-5-18(23)22(2)17(13)8-16(15)19/h6-9,11,21H,3-5,10H2,1-2H3. The summed E-state index contributed by atoms with van der Waals surface area (Å²) in [6.45, 7) is 2.35. The largest absolute Gasteiger partial charge is 0.598 e. The van der Waals surface area contributed by atoms with Gasteiger partial charge in [-0.25, -0.2) is 0 Å². The van der Waals surface area contributed by atoms with Gasteiger partial charge in [-0.2, -0.15) is 0 Å². The van der Waals surface area contributed by atoms with E-state index in [1.165, 1.54) is 0 Å². The van der Waals surface area contributed by atoms with Gasteiger partial charge in [0.25, 0.3) is 0 Å². The molecule has 0 bridgehead atoms. The maximum Gasteiger partial charge on any atom is 0.227 e. The van der Waals surface area contributed by atoms with Gasteiger partial charge in [-0.15, -0.1) is 4.72 Å². The van der Waals surface area contributed by atoms with Crippen LogP contribution in [0.5, 0.6) is 0 Å². The van der Waals surface area contributed by atoms with Crippen molar-refractivity contribution in [1.82, 2.24) is 9.71 Å². The molecule has 2 heterocycles. The number of benzene rings is 1. The maximum atomic E-state index is 11.9. The maximum absolute atomic E-state index is 11.9. The molecule has 2 aromatic rings. The van der Waals surface area contributed by atoms with Gasteiger partial charge in [0.15, 0.2) is 0 Å². The summed E-state index contributed by atoms with van der Waals surface area (Å²) in [7, 11) is 1.78. The first-order chi connectivity index (χ1) is 12.0. The van der Waals surface area contributed by atoms with Crippen LogP contribution in [0.25, 0.3) is 11.1 Å². The highest BCUT2D eigenvalue weighted by atomic mass is 35.5. The second kappa shape index (κ2) is 7.74. The highest BCUT2D eigenvalue weighted by molar-refractivity contribution is 7.89. The molecule has 1 aromatic heterocycles. The molecule has 0 fully saturated rings. The van der Waals surface area contributed by atoms with Crippen molar-refractivity contribution in [3.63, 3.8) is 0 Å². The molecule has 7 heteroatoms. The Morgan fingerprint density at radius 3 is 2.88 bits per heavy atom. The first-order valence-electron chi connectivity index (χ1n) is 8.14. The molecular weight excluding hydrogens is 358 g/mol. The number of nitrogens with one attached hydrogen (secondary N) is 1. The molecule has 132 valence electrons. The zero-order valence-electron chi connectivity index (χ0n) is 14.2. The molecule has 1 aromatic carbocycles. The Labute approximate surface area is 155 Å². The van der Waals surface area contributed by atoms with E-state index in [1.807, 2.05) is 25.1 Å². The van der Waals surface area contributed by atoms with Gasteiger partial charge in [0.2, 0.25) is 5.91 Å². The zero-order valence-corrected chi connectivity index (χ0v) is 15.8. The molecule has 1 aliphatic rings.